The average molecular weight is 196 g/mol. The summed E-state index contributed by atoms with van der Waals surface area (Å²) in [5.41, 5.74) is 4.18. The van der Waals surface area contributed by atoms with E-state index >= 15 is 0 Å². The number of nitrogens with one attached hydrogen (secondary N) is 1. The van der Waals surface area contributed by atoms with Gasteiger partial charge in [-0.3, -0.25) is 4.79 Å². The van der Waals surface area contributed by atoms with Crippen molar-refractivity contribution in [1.82, 2.24) is 5.43 Å². The van der Waals surface area contributed by atoms with Crippen molar-refractivity contribution < 1.29 is 4.79 Å². The zero-order chi connectivity index (χ0) is 11.0. The van der Waals surface area contributed by atoms with Gasteiger partial charge in [0, 0.05) is 19.0 Å². The van der Waals surface area contributed by atoms with E-state index in [1.54, 1.807) is 7.05 Å². The standard InChI is InChI=1S/C11H20N2O/c1-5-7-8-11(14)10(6-2)9(3)13-12-4/h6,12H,5,7-8H2,1-4H3/b10-6+,13-9-. The van der Waals surface area contributed by atoms with E-state index < -0.39 is 0 Å². The fourth-order valence-corrected chi connectivity index (χ4v) is 1.27. The molecule has 0 aromatic rings. The van der Waals surface area contributed by atoms with Gasteiger partial charge in [0.15, 0.2) is 5.78 Å². The molecule has 1 N–H and O–H groups in total. The highest BCUT2D eigenvalue weighted by Crippen LogP contribution is 2.06. The summed E-state index contributed by atoms with van der Waals surface area (Å²) in [6.45, 7) is 5.79. The Morgan fingerprint density at radius 2 is 2.14 bits per heavy atom. The molecule has 0 radical (unpaired) electrons. The Bertz CT molecular complexity index is 242. The van der Waals surface area contributed by atoms with E-state index in [0.29, 0.717) is 6.42 Å². The molecule has 0 bridgehead atoms. The minimum Gasteiger partial charge on any atom is -0.313 e. The largest absolute Gasteiger partial charge is 0.313 e. The zero-order valence-electron chi connectivity index (χ0n) is 9.55. The second-order valence-corrected chi connectivity index (χ2v) is 3.15. The molecule has 0 aliphatic carbocycles. The van der Waals surface area contributed by atoms with Crippen LogP contribution < -0.4 is 5.43 Å². The van der Waals surface area contributed by atoms with Crippen molar-refractivity contribution in [2.45, 2.75) is 40.0 Å². The summed E-state index contributed by atoms with van der Waals surface area (Å²) >= 11 is 0. The van der Waals surface area contributed by atoms with Crippen molar-refractivity contribution in [3.8, 4) is 0 Å². The van der Waals surface area contributed by atoms with Crippen LogP contribution in [0.2, 0.25) is 0 Å². The van der Waals surface area contributed by atoms with Crippen molar-refractivity contribution in [1.29, 1.82) is 0 Å². The highest BCUT2D eigenvalue weighted by Gasteiger charge is 2.10. The quantitative estimate of drug-likeness (QED) is 0.402. The molecular formula is C11H20N2O. The maximum atomic E-state index is 11.7. The predicted molar refractivity (Wildman–Crippen MR) is 60.5 cm³/mol. The molecule has 0 aliphatic rings. The first-order valence-electron chi connectivity index (χ1n) is 5.08. The fraction of sp³-hybridized carbons (Fsp3) is 0.636. The topological polar surface area (TPSA) is 41.5 Å². The van der Waals surface area contributed by atoms with Crippen LogP contribution in [-0.4, -0.2) is 18.5 Å². The number of carbonyl (C=O) groups excluding carboxylic acids is 1. The van der Waals surface area contributed by atoms with Gasteiger partial charge in [-0.05, 0) is 20.3 Å². The summed E-state index contributed by atoms with van der Waals surface area (Å²) in [6, 6.07) is 0. The van der Waals surface area contributed by atoms with Crippen molar-refractivity contribution in [2.75, 3.05) is 7.05 Å². The number of carbonyl (C=O) groups is 1. The van der Waals surface area contributed by atoms with Crippen LogP contribution >= 0.6 is 0 Å². The molecule has 0 atom stereocenters. The maximum Gasteiger partial charge on any atom is 0.164 e. The summed E-state index contributed by atoms with van der Waals surface area (Å²) in [5, 5.41) is 4.00. The molecule has 0 aromatic heterocycles. The molecule has 0 heterocycles. The van der Waals surface area contributed by atoms with Gasteiger partial charge < -0.3 is 5.43 Å². The molecule has 3 heteroatoms. The normalized spacial score (nSPS) is 12.9. The zero-order valence-corrected chi connectivity index (χ0v) is 9.55. The summed E-state index contributed by atoms with van der Waals surface area (Å²) < 4.78 is 0. The van der Waals surface area contributed by atoms with E-state index in [0.717, 1.165) is 24.1 Å². The molecule has 0 unspecified atom stereocenters. The average Bonchev–Trinajstić information content (AvgIpc) is 2.16. The number of hydrazone groups is 1. The summed E-state index contributed by atoms with van der Waals surface area (Å²) in [5.74, 6) is 0.186. The number of allylic oxidation sites excluding steroid dienone is 2. The van der Waals surface area contributed by atoms with Crippen LogP contribution in [0.4, 0.5) is 0 Å². The molecule has 0 amide bonds. The molecule has 0 fully saturated rings. The van der Waals surface area contributed by atoms with Crippen molar-refractivity contribution >= 4 is 11.5 Å². The molecule has 0 rings (SSSR count). The molecular weight excluding hydrogens is 176 g/mol. The Morgan fingerprint density at radius 3 is 2.57 bits per heavy atom. The van der Waals surface area contributed by atoms with Crippen LogP contribution in [0.5, 0.6) is 0 Å². The van der Waals surface area contributed by atoms with Crippen LogP contribution in [0.3, 0.4) is 0 Å². The number of ketones is 1. The Balaban J connectivity index is 4.43. The molecule has 80 valence electrons. The van der Waals surface area contributed by atoms with Crippen LogP contribution in [0.15, 0.2) is 16.8 Å². The first-order valence-corrected chi connectivity index (χ1v) is 5.08. The van der Waals surface area contributed by atoms with Gasteiger partial charge in [0.1, 0.15) is 0 Å². The molecule has 0 aromatic carbocycles. The van der Waals surface area contributed by atoms with E-state index in [9.17, 15) is 4.79 Å². The Kier molecular flexibility index (Phi) is 6.72. The number of hydrogen-bond donors (Lipinski definition) is 1. The third-order valence-corrected chi connectivity index (χ3v) is 2.02. The first-order chi connectivity index (χ1) is 6.67. The molecule has 3 nitrogen and oxygen atoms in total. The minimum absolute atomic E-state index is 0.186. The van der Waals surface area contributed by atoms with Gasteiger partial charge in [0.2, 0.25) is 0 Å². The van der Waals surface area contributed by atoms with E-state index in [-0.39, 0.29) is 5.78 Å². The lowest BCUT2D eigenvalue weighted by Crippen LogP contribution is -2.12. The number of Topliss-reactive ketones (excluding diaryl/α,β-unsaturated/α-hetero) is 1. The van der Waals surface area contributed by atoms with Gasteiger partial charge in [-0.15, -0.1) is 0 Å². The molecule has 0 saturated heterocycles. The van der Waals surface area contributed by atoms with Gasteiger partial charge in [-0.1, -0.05) is 19.4 Å². The smallest absolute Gasteiger partial charge is 0.164 e. The summed E-state index contributed by atoms with van der Waals surface area (Å²) in [4.78, 5) is 11.7. The Hall–Kier alpha value is -1.12. The highest BCUT2D eigenvalue weighted by molar-refractivity contribution is 6.21. The van der Waals surface area contributed by atoms with Crippen molar-refractivity contribution in [2.24, 2.45) is 5.10 Å². The van der Waals surface area contributed by atoms with Gasteiger partial charge in [-0.2, -0.15) is 5.10 Å². The number of hydrogen-bond acceptors (Lipinski definition) is 3. The second kappa shape index (κ2) is 7.30. The fourth-order valence-electron chi connectivity index (χ4n) is 1.27. The van der Waals surface area contributed by atoms with Gasteiger partial charge in [0.25, 0.3) is 0 Å². The van der Waals surface area contributed by atoms with E-state index in [4.69, 9.17) is 0 Å². The molecule has 0 aliphatic heterocycles. The van der Waals surface area contributed by atoms with E-state index in [1.165, 1.54) is 0 Å². The van der Waals surface area contributed by atoms with Gasteiger partial charge in [0.05, 0.1) is 5.71 Å². The number of nitrogens with zero attached hydrogens (tertiary/aromatic N) is 1. The lowest BCUT2D eigenvalue weighted by atomic mass is 10.0. The summed E-state index contributed by atoms with van der Waals surface area (Å²) in [7, 11) is 1.73. The van der Waals surface area contributed by atoms with E-state index in [1.807, 2.05) is 19.9 Å². The van der Waals surface area contributed by atoms with Crippen LogP contribution in [0.25, 0.3) is 0 Å². The molecule has 0 spiro atoms. The third kappa shape index (κ3) is 4.21. The van der Waals surface area contributed by atoms with Crippen molar-refractivity contribution in [3.05, 3.63) is 11.6 Å². The second-order valence-electron chi connectivity index (χ2n) is 3.15. The highest BCUT2D eigenvalue weighted by atomic mass is 16.1. The first kappa shape index (κ1) is 12.9. The predicted octanol–water partition coefficient (Wildman–Crippen LogP) is 2.29. The third-order valence-electron chi connectivity index (χ3n) is 2.02. The Morgan fingerprint density at radius 1 is 1.50 bits per heavy atom. The van der Waals surface area contributed by atoms with Gasteiger partial charge >= 0.3 is 0 Å². The van der Waals surface area contributed by atoms with Gasteiger partial charge in [-0.25, -0.2) is 0 Å². The van der Waals surface area contributed by atoms with Crippen LogP contribution in [-0.2, 0) is 4.79 Å². The number of rotatable bonds is 6. The Labute approximate surface area is 86.3 Å². The van der Waals surface area contributed by atoms with Crippen LogP contribution in [0.1, 0.15) is 40.0 Å². The summed E-state index contributed by atoms with van der Waals surface area (Å²) in [6.07, 6.45) is 4.44. The SMILES string of the molecule is C/C=C(C(=O)CCCC)\C(C)=N/NC. The lowest BCUT2D eigenvalue weighted by Gasteiger charge is -2.04. The molecule has 14 heavy (non-hydrogen) atoms. The van der Waals surface area contributed by atoms with Crippen molar-refractivity contribution in [3.63, 3.8) is 0 Å². The molecule has 0 saturated carbocycles. The minimum atomic E-state index is 0.186. The monoisotopic (exact) mass is 196 g/mol. The lowest BCUT2D eigenvalue weighted by molar-refractivity contribution is -0.115. The van der Waals surface area contributed by atoms with E-state index in [2.05, 4.69) is 17.5 Å². The maximum absolute atomic E-state index is 11.7. The number of unbranched alkanes of at least 4 members (excludes halogenated alkanes) is 1. The van der Waals surface area contributed by atoms with Crippen LogP contribution in [0, 0.1) is 0 Å².